The average molecular weight is 335 g/mol. The third kappa shape index (κ3) is 4.91. The van der Waals surface area contributed by atoms with Crippen LogP contribution in [0.15, 0.2) is 60.8 Å². The monoisotopic (exact) mass is 335 g/mol. The fourth-order valence-electron chi connectivity index (χ4n) is 2.15. The van der Waals surface area contributed by atoms with Crippen molar-refractivity contribution in [2.24, 2.45) is 5.92 Å². The highest BCUT2D eigenvalue weighted by molar-refractivity contribution is 5.64. The number of hydrogen-bond acceptors (Lipinski definition) is 6. The zero-order chi connectivity index (χ0) is 17.5. The third-order valence-electron chi connectivity index (χ3n) is 3.35. The van der Waals surface area contributed by atoms with Crippen molar-refractivity contribution in [1.82, 2.24) is 15.2 Å². The Kier molecular flexibility index (Phi) is 5.41. The van der Waals surface area contributed by atoms with Crippen LogP contribution in [0.1, 0.15) is 13.8 Å². The fourth-order valence-corrected chi connectivity index (χ4v) is 2.15. The lowest BCUT2D eigenvalue weighted by Crippen LogP contribution is -2.11. The largest absolute Gasteiger partial charge is 0.455 e. The molecule has 0 radical (unpaired) electrons. The van der Waals surface area contributed by atoms with Gasteiger partial charge in [0.25, 0.3) is 0 Å². The van der Waals surface area contributed by atoms with Crippen LogP contribution < -0.4 is 15.4 Å². The van der Waals surface area contributed by atoms with Gasteiger partial charge in [0.2, 0.25) is 5.95 Å². The van der Waals surface area contributed by atoms with Crippen molar-refractivity contribution in [1.29, 1.82) is 0 Å². The molecule has 3 aromatic rings. The molecule has 1 heterocycles. The molecule has 128 valence electrons. The van der Waals surface area contributed by atoms with E-state index in [4.69, 9.17) is 4.74 Å². The number of para-hydroxylation sites is 3. The molecule has 0 saturated carbocycles. The molecule has 2 N–H and O–H groups in total. The summed E-state index contributed by atoms with van der Waals surface area (Å²) in [4.78, 5) is 4.44. The predicted molar refractivity (Wildman–Crippen MR) is 99.4 cm³/mol. The Morgan fingerprint density at radius 2 is 1.76 bits per heavy atom. The highest BCUT2D eigenvalue weighted by atomic mass is 16.5. The Bertz CT molecular complexity index is 808. The Balaban J connectivity index is 1.76. The molecule has 0 fully saturated rings. The maximum absolute atomic E-state index is 5.95. The number of nitrogens with one attached hydrogen (secondary N) is 2. The minimum Gasteiger partial charge on any atom is -0.455 e. The van der Waals surface area contributed by atoms with Gasteiger partial charge in [-0.3, -0.25) is 0 Å². The summed E-state index contributed by atoms with van der Waals surface area (Å²) in [5.41, 5.74) is 0.807. The molecular weight excluding hydrogens is 314 g/mol. The summed E-state index contributed by atoms with van der Waals surface area (Å²) < 4.78 is 5.95. The van der Waals surface area contributed by atoms with Crippen molar-refractivity contribution in [3.05, 3.63) is 60.8 Å². The van der Waals surface area contributed by atoms with Crippen LogP contribution in [0.25, 0.3) is 0 Å². The molecule has 0 bridgehead atoms. The first-order chi connectivity index (χ1) is 12.2. The van der Waals surface area contributed by atoms with Crippen molar-refractivity contribution in [3.63, 3.8) is 0 Å². The molecule has 6 heteroatoms. The molecule has 0 saturated heterocycles. The third-order valence-corrected chi connectivity index (χ3v) is 3.35. The summed E-state index contributed by atoms with van der Waals surface area (Å²) >= 11 is 0. The van der Waals surface area contributed by atoms with E-state index in [1.807, 2.05) is 54.6 Å². The zero-order valence-electron chi connectivity index (χ0n) is 14.3. The maximum Gasteiger partial charge on any atom is 0.244 e. The van der Waals surface area contributed by atoms with Crippen LogP contribution in [0.3, 0.4) is 0 Å². The summed E-state index contributed by atoms with van der Waals surface area (Å²) in [7, 11) is 0. The zero-order valence-corrected chi connectivity index (χ0v) is 14.3. The highest BCUT2D eigenvalue weighted by Gasteiger charge is 2.07. The van der Waals surface area contributed by atoms with E-state index in [1.165, 1.54) is 0 Å². The summed E-state index contributed by atoms with van der Waals surface area (Å²) in [5, 5.41) is 14.4. The molecule has 0 unspecified atom stereocenters. The Morgan fingerprint density at radius 3 is 2.56 bits per heavy atom. The maximum atomic E-state index is 5.95. The smallest absolute Gasteiger partial charge is 0.244 e. The predicted octanol–water partition coefficient (Wildman–Crippen LogP) is 4.48. The molecule has 0 atom stereocenters. The lowest BCUT2D eigenvalue weighted by atomic mass is 10.2. The van der Waals surface area contributed by atoms with Crippen LogP contribution in [-0.4, -0.2) is 21.7 Å². The van der Waals surface area contributed by atoms with Crippen LogP contribution in [0, 0.1) is 5.92 Å². The van der Waals surface area contributed by atoms with Crippen molar-refractivity contribution in [2.75, 3.05) is 17.2 Å². The van der Waals surface area contributed by atoms with E-state index in [0.29, 0.717) is 23.4 Å². The van der Waals surface area contributed by atoms with Crippen molar-refractivity contribution in [2.45, 2.75) is 13.8 Å². The first kappa shape index (κ1) is 16.7. The average Bonchev–Trinajstić information content (AvgIpc) is 2.63. The Labute approximate surface area is 147 Å². The minimum absolute atomic E-state index is 0.500. The van der Waals surface area contributed by atoms with Crippen molar-refractivity contribution < 1.29 is 4.74 Å². The van der Waals surface area contributed by atoms with Gasteiger partial charge in [-0.15, -0.1) is 5.10 Å². The molecule has 2 aromatic carbocycles. The molecule has 1 aromatic heterocycles. The summed E-state index contributed by atoms with van der Waals surface area (Å²) in [6.07, 6.45) is 1.58. The van der Waals surface area contributed by atoms with Crippen LogP contribution in [0.5, 0.6) is 11.5 Å². The topological polar surface area (TPSA) is 72.0 Å². The standard InChI is InChI=1S/C19H21N5O/c1-14(2)12-20-19-23-18(13-21-24-19)22-16-10-6-7-11-17(16)25-15-8-4-3-5-9-15/h3-11,13-14H,12H2,1-2H3,(H2,20,22,23,24). The number of rotatable bonds is 7. The fraction of sp³-hybridized carbons (Fsp3) is 0.211. The second kappa shape index (κ2) is 8.10. The number of ether oxygens (including phenoxy) is 1. The minimum atomic E-state index is 0.500. The van der Waals surface area contributed by atoms with E-state index in [9.17, 15) is 0 Å². The Morgan fingerprint density at radius 1 is 1.00 bits per heavy atom. The lowest BCUT2D eigenvalue weighted by Gasteiger charge is -2.13. The van der Waals surface area contributed by atoms with E-state index in [-0.39, 0.29) is 0 Å². The van der Waals surface area contributed by atoms with E-state index in [0.717, 1.165) is 18.0 Å². The van der Waals surface area contributed by atoms with Gasteiger partial charge in [0.15, 0.2) is 11.6 Å². The van der Waals surface area contributed by atoms with Gasteiger partial charge < -0.3 is 15.4 Å². The summed E-state index contributed by atoms with van der Waals surface area (Å²) in [5.74, 6) is 3.09. The molecule has 0 amide bonds. The van der Waals surface area contributed by atoms with E-state index in [1.54, 1.807) is 6.20 Å². The van der Waals surface area contributed by atoms with Gasteiger partial charge in [-0.05, 0) is 30.2 Å². The highest BCUT2D eigenvalue weighted by Crippen LogP contribution is 2.30. The molecule has 25 heavy (non-hydrogen) atoms. The van der Waals surface area contributed by atoms with Gasteiger partial charge in [-0.25, -0.2) is 0 Å². The summed E-state index contributed by atoms with van der Waals surface area (Å²) in [6.45, 7) is 5.04. The molecule has 0 aliphatic carbocycles. The molecule has 0 spiro atoms. The summed E-state index contributed by atoms with van der Waals surface area (Å²) in [6, 6.07) is 17.4. The molecule has 0 aliphatic heterocycles. The molecule has 6 nitrogen and oxygen atoms in total. The number of aromatic nitrogens is 3. The quantitative estimate of drug-likeness (QED) is 0.663. The van der Waals surface area contributed by atoms with Crippen molar-refractivity contribution >= 4 is 17.5 Å². The van der Waals surface area contributed by atoms with Crippen LogP contribution in [-0.2, 0) is 0 Å². The molecular formula is C19H21N5O. The van der Waals surface area contributed by atoms with Crippen LogP contribution in [0.4, 0.5) is 17.5 Å². The molecule has 0 aliphatic rings. The number of nitrogens with zero attached hydrogens (tertiary/aromatic N) is 3. The Hall–Kier alpha value is -3.15. The van der Waals surface area contributed by atoms with Crippen molar-refractivity contribution in [3.8, 4) is 11.5 Å². The number of anilines is 3. The van der Waals surface area contributed by atoms with E-state index in [2.05, 4.69) is 39.7 Å². The normalized spacial score (nSPS) is 10.5. The van der Waals surface area contributed by atoms with Crippen LogP contribution >= 0.6 is 0 Å². The van der Waals surface area contributed by atoms with E-state index < -0.39 is 0 Å². The first-order valence-electron chi connectivity index (χ1n) is 8.23. The van der Waals surface area contributed by atoms with Gasteiger partial charge in [-0.1, -0.05) is 44.2 Å². The van der Waals surface area contributed by atoms with Gasteiger partial charge >= 0.3 is 0 Å². The van der Waals surface area contributed by atoms with E-state index >= 15 is 0 Å². The first-order valence-corrected chi connectivity index (χ1v) is 8.23. The number of hydrogen-bond donors (Lipinski definition) is 2. The second-order valence-corrected chi connectivity index (χ2v) is 5.98. The van der Waals surface area contributed by atoms with Gasteiger partial charge in [0, 0.05) is 6.54 Å². The number of benzene rings is 2. The SMILES string of the molecule is CC(C)CNc1nncc(Nc2ccccc2Oc2ccccc2)n1. The van der Waals surface area contributed by atoms with Gasteiger partial charge in [-0.2, -0.15) is 10.1 Å². The lowest BCUT2D eigenvalue weighted by molar-refractivity contribution is 0.485. The second-order valence-electron chi connectivity index (χ2n) is 5.98. The van der Waals surface area contributed by atoms with Gasteiger partial charge in [0.1, 0.15) is 5.75 Å². The van der Waals surface area contributed by atoms with Gasteiger partial charge in [0.05, 0.1) is 11.9 Å². The van der Waals surface area contributed by atoms with Crippen LogP contribution in [0.2, 0.25) is 0 Å². The molecule has 3 rings (SSSR count).